The van der Waals surface area contributed by atoms with E-state index < -0.39 is 6.04 Å². The molecule has 29 heavy (non-hydrogen) atoms. The predicted octanol–water partition coefficient (Wildman–Crippen LogP) is 5.43. The lowest BCUT2D eigenvalue weighted by molar-refractivity contribution is -0.139. The summed E-state index contributed by atoms with van der Waals surface area (Å²) in [4.78, 5) is 27.0. The number of carbonyl (C=O) groups is 2. The van der Waals surface area contributed by atoms with Gasteiger partial charge >= 0.3 is 0 Å². The average molecular weight is 474 g/mol. The molecule has 4 nitrogen and oxygen atoms in total. The van der Waals surface area contributed by atoms with Crippen molar-refractivity contribution in [1.82, 2.24) is 10.2 Å². The molecule has 0 unspecified atom stereocenters. The zero-order valence-corrected chi connectivity index (χ0v) is 19.3. The SMILES string of the molecule is CC[C@@H](C(=O)NC)N(Cc1c(Cl)cccc1Cl)C(=O)CSCc1ccccc1Cl. The van der Waals surface area contributed by atoms with E-state index in [0.29, 0.717) is 32.8 Å². The van der Waals surface area contributed by atoms with Crippen molar-refractivity contribution in [2.45, 2.75) is 31.7 Å². The zero-order valence-electron chi connectivity index (χ0n) is 16.3. The van der Waals surface area contributed by atoms with Crippen molar-refractivity contribution in [2.24, 2.45) is 0 Å². The van der Waals surface area contributed by atoms with Crippen LogP contribution in [0.5, 0.6) is 0 Å². The highest BCUT2D eigenvalue weighted by Gasteiger charge is 2.29. The number of hydrogen-bond donors (Lipinski definition) is 1. The van der Waals surface area contributed by atoms with Crippen LogP contribution >= 0.6 is 46.6 Å². The molecule has 0 radical (unpaired) electrons. The van der Waals surface area contributed by atoms with Gasteiger partial charge in [-0.1, -0.05) is 66.0 Å². The minimum atomic E-state index is -0.610. The van der Waals surface area contributed by atoms with Gasteiger partial charge in [-0.2, -0.15) is 0 Å². The Morgan fingerprint density at radius 3 is 2.24 bits per heavy atom. The summed E-state index contributed by atoms with van der Waals surface area (Å²) < 4.78 is 0. The summed E-state index contributed by atoms with van der Waals surface area (Å²) in [5, 5.41) is 4.23. The van der Waals surface area contributed by atoms with Crippen molar-refractivity contribution in [3.05, 3.63) is 68.7 Å². The summed E-state index contributed by atoms with van der Waals surface area (Å²) in [5.41, 5.74) is 1.59. The number of benzene rings is 2. The molecule has 0 fully saturated rings. The maximum atomic E-state index is 13.1. The van der Waals surface area contributed by atoms with Crippen molar-refractivity contribution in [1.29, 1.82) is 0 Å². The van der Waals surface area contributed by atoms with Crippen LogP contribution in [0.25, 0.3) is 0 Å². The monoisotopic (exact) mass is 472 g/mol. The first kappa shape index (κ1) is 23.9. The highest BCUT2D eigenvalue weighted by atomic mass is 35.5. The van der Waals surface area contributed by atoms with Gasteiger partial charge in [0.15, 0.2) is 0 Å². The second-order valence-corrected chi connectivity index (χ2v) is 8.55. The van der Waals surface area contributed by atoms with Crippen LogP contribution in [0, 0.1) is 0 Å². The van der Waals surface area contributed by atoms with E-state index in [1.54, 1.807) is 30.1 Å². The molecule has 0 saturated carbocycles. The molecule has 2 amide bonds. The molecule has 0 bridgehead atoms. The van der Waals surface area contributed by atoms with Gasteiger partial charge in [0.05, 0.1) is 5.75 Å². The minimum absolute atomic E-state index is 0.159. The lowest BCUT2D eigenvalue weighted by Gasteiger charge is -2.30. The lowest BCUT2D eigenvalue weighted by atomic mass is 10.1. The summed E-state index contributed by atoms with van der Waals surface area (Å²) in [7, 11) is 1.56. The molecule has 0 aliphatic rings. The Balaban J connectivity index is 2.18. The number of nitrogens with zero attached hydrogens (tertiary/aromatic N) is 1. The molecule has 0 heterocycles. The van der Waals surface area contributed by atoms with Gasteiger partial charge in [0.25, 0.3) is 0 Å². The summed E-state index contributed by atoms with van der Waals surface area (Å²) in [6.07, 6.45) is 0.475. The van der Waals surface area contributed by atoms with E-state index in [-0.39, 0.29) is 24.1 Å². The highest BCUT2D eigenvalue weighted by molar-refractivity contribution is 7.99. The van der Waals surface area contributed by atoms with Crippen LogP contribution < -0.4 is 5.32 Å². The molecule has 0 spiro atoms. The summed E-state index contributed by atoms with van der Waals surface area (Å²) in [6.45, 7) is 2.03. The van der Waals surface area contributed by atoms with Crippen LogP contribution in [0.3, 0.4) is 0 Å². The van der Waals surface area contributed by atoms with E-state index in [0.717, 1.165) is 5.56 Å². The molecule has 0 saturated heterocycles. The summed E-state index contributed by atoms with van der Waals surface area (Å²) >= 11 is 20.2. The number of likely N-dealkylation sites (N-methyl/N-ethyl adjacent to an activating group) is 1. The molecule has 2 aromatic carbocycles. The van der Waals surface area contributed by atoms with Crippen molar-refractivity contribution < 1.29 is 9.59 Å². The van der Waals surface area contributed by atoms with Crippen LogP contribution in [0.1, 0.15) is 24.5 Å². The fourth-order valence-electron chi connectivity index (χ4n) is 2.89. The van der Waals surface area contributed by atoms with Gasteiger partial charge in [-0.3, -0.25) is 9.59 Å². The smallest absolute Gasteiger partial charge is 0.242 e. The molecule has 1 atom stereocenters. The number of thioether (sulfide) groups is 1. The topological polar surface area (TPSA) is 49.4 Å². The van der Waals surface area contributed by atoms with Gasteiger partial charge in [0, 0.05) is 40.0 Å². The molecule has 1 N–H and O–H groups in total. The van der Waals surface area contributed by atoms with Gasteiger partial charge in [0.1, 0.15) is 6.04 Å². The van der Waals surface area contributed by atoms with Crippen molar-refractivity contribution in [2.75, 3.05) is 12.8 Å². The van der Waals surface area contributed by atoms with Crippen LogP contribution in [-0.2, 0) is 21.9 Å². The van der Waals surface area contributed by atoms with Crippen molar-refractivity contribution in [3.8, 4) is 0 Å². The highest BCUT2D eigenvalue weighted by Crippen LogP contribution is 2.28. The van der Waals surface area contributed by atoms with Crippen LogP contribution in [0.4, 0.5) is 0 Å². The number of halogens is 3. The second kappa shape index (κ2) is 11.7. The van der Waals surface area contributed by atoms with Gasteiger partial charge in [-0.25, -0.2) is 0 Å². The van der Waals surface area contributed by atoms with Gasteiger partial charge in [0.2, 0.25) is 11.8 Å². The molecule has 0 aromatic heterocycles. The molecular formula is C21H23Cl3N2O2S. The molecule has 2 aromatic rings. The number of amides is 2. The van der Waals surface area contributed by atoms with E-state index in [1.165, 1.54) is 11.8 Å². The second-order valence-electron chi connectivity index (χ2n) is 6.34. The van der Waals surface area contributed by atoms with E-state index in [9.17, 15) is 9.59 Å². The largest absolute Gasteiger partial charge is 0.357 e. The molecule has 2 rings (SSSR count). The first-order valence-electron chi connectivity index (χ1n) is 9.14. The summed E-state index contributed by atoms with van der Waals surface area (Å²) in [6, 6.07) is 12.1. The average Bonchev–Trinajstić information content (AvgIpc) is 2.71. The zero-order chi connectivity index (χ0) is 21.4. The summed E-state index contributed by atoms with van der Waals surface area (Å²) in [5.74, 6) is 0.428. The first-order chi connectivity index (χ1) is 13.9. The third-order valence-electron chi connectivity index (χ3n) is 4.46. The molecule has 0 aliphatic carbocycles. The quantitative estimate of drug-likeness (QED) is 0.528. The Labute approximate surface area is 190 Å². The van der Waals surface area contributed by atoms with Gasteiger partial charge in [-0.15, -0.1) is 11.8 Å². The van der Waals surface area contributed by atoms with Gasteiger partial charge < -0.3 is 10.2 Å². The lowest BCUT2D eigenvalue weighted by Crippen LogP contribution is -2.48. The maximum Gasteiger partial charge on any atom is 0.242 e. The predicted molar refractivity (Wildman–Crippen MR) is 123 cm³/mol. The van der Waals surface area contributed by atoms with Crippen molar-refractivity contribution in [3.63, 3.8) is 0 Å². The Morgan fingerprint density at radius 2 is 1.66 bits per heavy atom. The third kappa shape index (κ3) is 6.54. The molecule has 8 heteroatoms. The fourth-order valence-corrected chi connectivity index (χ4v) is 4.60. The molecular weight excluding hydrogens is 451 g/mol. The standard InChI is InChI=1S/C21H23Cl3N2O2S/c1-3-19(21(28)25-2)26(11-15-17(23)9-6-10-18(15)24)20(27)13-29-12-14-7-4-5-8-16(14)22/h4-10,19H,3,11-13H2,1-2H3,(H,25,28)/t19-/m0/s1. The van der Waals surface area contributed by atoms with Crippen LogP contribution in [-0.4, -0.2) is 35.6 Å². The minimum Gasteiger partial charge on any atom is -0.357 e. The number of rotatable bonds is 9. The Hall–Kier alpha value is -1.40. The van der Waals surface area contributed by atoms with Crippen LogP contribution in [0.15, 0.2) is 42.5 Å². The number of carbonyl (C=O) groups excluding carboxylic acids is 2. The molecule has 156 valence electrons. The van der Waals surface area contributed by atoms with E-state index in [1.807, 2.05) is 31.2 Å². The Kier molecular flexibility index (Phi) is 9.63. The van der Waals surface area contributed by atoms with Crippen molar-refractivity contribution >= 4 is 58.4 Å². The van der Waals surface area contributed by atoms with E-state index in [2.05, 4.69) is 5.32 Å². The van der Waals surface area contributed by atoms with E-state index in [4.69, 9.17) is 34.8 Å². The number of hydrogen-bond acceptors (Lipinski definition) is 3. The fraction of sp³-hybridized carbons (Fsp3) is 0.333. The van der Waals surface area contributed by atoms with E-state index >= 15 is 0 Å². The molecule has 0 aliphatic heterocycles. The first-order valence-corrected chi connectivity index (χ1v) is 11.4. The normalized spacial score (nSPS) is 11.8. The maximum absolute atomic E-state index is 13.1. The number of nitrogens with one attached hydrogen (secondary N) is 1. The van der Waals surface area contributed by atoms with Gasteiger partial charge in [-0.05, 0) is 30.2 Å². The third-order valence-corrected chi connectivity index (χ3v) is 6.51. The Bertz CT molecular complexity index is 843. The Morgan fingerprint density at radius 1 is 1.03 bits per heavy atom. The van der Waals surface area contributed by atoms with Crippen LogP contribution in [0.2, 0.25) is 15.1 Å².